The Balaban J connectivity index is 2.44. The van der Waals surface area contributed by atoms with E-state index in [1.165, 1.54) is 0 Å². The molecule has 0 spiro atoms. The zero-order valence-corrected chi connectivity index (χ0v) is 11.4. The molecule has 0 amide bonds. The highest BCUT2D eigenvalue weighted by atomic mass is 15.3. The van der Waals surface area contributed by atoms with Crippen LogP contribution in [0.2, 0.25) is 0 Å². The Morgan fingerprint density at radius 2 is 2.06 bits per heavy atom. The Hall–Kier alpha value is -1.84. The smallest absolute Gasteiger partial charge is 0.158 e. The molecule has 2 aromatic rings. The molecular formula is C14H20N4. The number of nitrogens with zero attached hydrogens (tertiary/aromatic N) is 3. The zero-order valence-electron chi connectivity index (χ0n) is 11.4. The predicted octanol–water partition coefficient (Wildman–Crippen LogP) is 2.57. The first-order chi connectivity index (χ1) is 8.47. The van der Waals surface area contributed by atoms with Gasteiger partial charge in [-0.25, -0.2) is 9.67 Å². The summed E-state index contributed by atoms with van der Waals surface area (Å²) in [5.41, 5.74) is 8.82. The van der Waals surface area contributed by atoms with Gasteiger partial charge in [0.2, 0.25) is 0 Å². The van der Waals surface area contributed by atoms with Crippen molar-refractivity contribution >= 4 is 5.69 Å². The molecule has 1 heterocycles. The van der Waals surface area contributed by atoms with Gasteiger partial charge in [0.1, 0.15) is 0 Å². The number of hydrogen-bond acceptors (Lipinski definition) is 3. The summed E-state index contributed by atoms with van der Waals surface area (Å²) < 4.78 is 1.83. The minimum Gasteiger partial charge on any atom is -0.399 e. The number of benzene rings is 1. The summed E-state index contributed by atoms with van der Waals surface area (Å²) in [6, 6.07) is 5.88. The van der Waals surface area contributed by atoms with Crippen LogP contribution in [0.4, 0.5) is 5.69 Å². The molecule has 4 nitrogen and oxygen atoms in total. The first-order valence-electron chi connectivity index (χ1n) is 6.23. The fraction of sp³-hybridized carbons (Fsp3) is 0.429. The van der Waals surface area contributed by atoms with Gasteiger partial charge < -0.3 is 5.73 Å². The summed E-state index contributed by atoms with van der Waals surface area (Å²) in [4.78, 5) is 4.62. The zero-order chi connectivity index (χ0) is 13.3. The molecule has 0 aliphatic carbocycles. The molecule has 2 rings (SSSR count). The second kappa shape index (κ2) is 4.80. The third kappa shape index (κ3) is 2.53. The van der Waals surface area contributed by atoms with Crippen LogP contribution in [-0.2, 0) is 13.5 Å². The van der Waals surface area contributed by atoms with E-state index in [-0.39, 0.29) is 0 Å². The van der Waals surface area contributed by atoms with Gasteiger partial charge in [0.25, 0.3) is 0 Å². The van der Waals surface area contributed by atoms with Crippen molar-refractivity contribution in [3.63, 3.8) is 0 Å². The minimum atomic E-state index is 0.558. The molecule has 96 valence electrons. The van der Waals surface area contributed by atoms with Crippen molar-refractivity contribution in [1.82, 2.24) is 14.8 Å². The molecule has 0 aliphatic heterocycles. The van der Waals surface area contributed by atoms with Gasteiger partial charge >= 0.3 is 0 Å². The molecule has 0 atom stereocenters. The molecule has 0 radical (unpaired) electrons. The van der Waals surface area contributed by atoms with Crippen LogP contribution in [0, 0.1) is 12.8 Å². The van der Waals surface area contributed by atoms with E-state index in [1.807, 2.05) is 29.9 Å². The molecule has 1 aromatic carbocycles. The van der Waals surface area contributed by atoms with Crippen LogP contribution in [0.3, 0.4) is 0 Å². The van der Waals surface area contributed by atoms with Crippen LogP contribution < -0.4 is 5.73 Å². The Morgan fingerprint density at radius 1 is 1.33 bits per heavy atom. The summed E-state index contributed by atoms with van der Waals surface area (Å²) >= 11 is 0. The van der Waals surface area contributed by atoms with E-state index in [2.05, 4.69) is 30.9 Å². The first-order valence-corrected chi connectivity index (χ1v) is 6.23. The van der Waals surface area contributed by atoms with Crippen LogP contribution in [0.5, 0.6) is 0 Å². The number of rotatable bonds is 3. The quantitative estimate of drug-likeness (QED) is 0.844. The van der Waals surface area contributed by atoms with Gasteiger partial charge in [-0.1, -0.05) is 19.9 Å². The Bertz CT molecular complexity index is 555. The second-order valence-corrected chi connectivity index (χ2v) is 5.15. The van der Waals surface area contributed by atoms with E-state index in [1.54, 1.807) is 0 Å². The Morgan fingerprint density at radius 3 is 2.72 bits per heavy atom. The van der Waals surface area contributed by atoms with Crippen molar-refractivity contribution < 1.29 is 0 Å². The van der Waals surface area contributed by atoms with E-state index in [4.69, 9.17) is 5.73 Å². The summed E-state index contributed by atoms with van der Waals surface area (Å²) in [7, 11) is 1.93. The van der Waals surface area contributed by atoms with Crippen LogP contribution in [0.15, 0.2) is 18.2 Å². The van der Waals surface area contributed by atoms with Crippen molar-refractivity contribution in [3.05, 3.63) is 29.6 Å². The highest BCUT2D eigenvalue weighted by Gasteiger charge is 2.12. The molecule has 0 bridgehead atoms. The SMILES string of the molecule is Cc1ccc(N)cc1-c1nc(CC(C)C)nn1C. The predicted molar refractivity (Wildman–Crippen MR) is 74.1 cm³/mol. The van der Waals surface area contributed by atoms with E-state index >= 15 is 0 Å². The summed E-state index contributed by atoms with van der Waals surface area (Å²) in [6.07, 6.45) is 0.898. The minimum absolute atomic E-state index is 0.558. The lowest BCUT2D eigenvalue weighted by molar-refractivity contribution is 0.613. The molecule has 0 saturated heterocycles. The average molecular weight is 244 g/mol. The summed E-state index contributed by atoms with van der Waals surface area (Å²) in [6.45, 7) is 6.40. The molecule has 0 unspecified atom stereocenters. The molecule has 0 saturated carbocycles. The van der Waals surface area contributed by atoms with E-state index in [0.717, 1.165) is 34.9 Å². The van der Waals surface area contributed by atoms with E-state index in [0.29, 0.717) is 5.92 Å². The van der Waals surface area contributed by atoms with Crippen molar-refractivity contribution in [1.29, 1.82) is 0 Å². The largest absolute Gasteiger partial charge is 0.399 e. The Labute approximate surface area is 108 Å². The third-order valence-electron chi connectivity index (χ3n) is 2.90. The lowest BCUT2D eigenvalue weighted by Gasteiger charge is -2.05. The van der Waals surface area contributed by atoms with Crippen LogP contribution >= 0.6 is 0 Å². The molecule has 0 fully saturated rings. The molecule has 2 N–H and O–H groups in total. The Kier molecular flexibility index (Phi) is 3.36. The van der Waals surface area contributed by atoms with Crippen LogP contribution in [0.1, 0.15) is 25.2 Å². The van der Waals surface area contributed by atoms with E-state index in [9.17, 15) is 0 Å². The maximum atomic E-state index is 5.84. The fourth-order valence-corrected chi connectivity index (χ4v) is 2.00. The summed E-state index contributed by atoms with van der Waals surface area (Å²) in [5, 5.41) is 4.46. The molecule has 18 heavy (non-hydrogen) atoms. The molecule has 4 heteroatoms. The van der Waals surface area contributed by atoms with Gasteiger partial charge in [0, 0.05) is 24.7 Å². The van der Waals surface area contributed by atoms with Gasteiger partial charge in [-0.3, -0.25) is 0 Å². The van der Waals surface area contributed by atoms with Gasteiger partial charge in [0.15, 0.2) is 11.6 Å². The van der Waals surface area contributed by atoms with Crippen LogP contribution in [0.25, 0.3) is 11.4 Å². The topological polar surface area (TPSA) is 56.7 Å². The van der Waals surface area contributed by atoms with Gasteiger partial charge in [-0.15, -0.1) is 0 Å². The normalized spacial score (nSPS) is 11.2. The maximum absolute atomic E-state index is 5.84. The number of nitrogens with two attached hydrogens (primary N) is 1. The number of aryl methyl sites for hydroxylation is 2. The number of hydrogen-bond donors (Lipinski definition) is 1. The molecular weight excluding hydrogens is 224 g/mol. The van der Waals surface area contributed by atoms with Gasteiger partial charge in [-0.2, -0.15) is 5.10 Å². The third-order valence-corrected chi connectivity index (χ3v) is 2.90. The molecule has 0 aliphatic rings. The summed E-state index contributed by atoms with van der Waals surface area (Å²) in [5.74, 6) is 2.34. The highest BCUT2D eigenvalue weighted by molar-refractivity contribution is 5.65. The average Bonchev–Trinajstić information content (AvgIpc) is 2.62. The lowest BCUT2D eigenvalue weighted by Crippen LogP contribution is -1.98. The standard InChI is InChI=1S/C14H20N4/c1-9(2)7-13-16-14(18(4)17-13)12-8-11(15)6-5-10(12)3/h5-6,8-9H,7,15H2,1-4H3. The highest BCUT2D eigenvalue weighted by Crippen LogP contribution is 2.24. The second-order valence-electron chi connectivity index (χ2n) is 5.15. The number of nitrogen functional groups attached to an aromatic ring is 1. The number of anilines is 1. The van der Waals surface area contributed by atoms with Crippen molar-refractivity contribution in [3.8, 4) is 11.4 Å². The van der Waals surface area contributed by atoms with Crippen molar-refractivity contribution in [2.45, 2.75) is 27.2 Å². The lowest BCUT2D eigenvalue weighted by atomic mass is 10.1. The van der Waals surface area contributed by atoms with Crippen molar-refractivity contribution in [2.24, 2.45) is 13.0 Å². The monoisotopic (exact) mass is 244 g/mol. The van der Waals surface area contributed by atoms with Crippen LogP contribution in [-0.4, -0.2) is 14.8 Å². The van der Waals surface area contributed by atoms with E-state index < -0.39 is 0 Å². The molecule has 1 aromatic heterocycles. The van der Waals surface area contributed by atoms with Gasteiger partial charge in [-0.05, 0) is 30.5 Å². The maximum Gasteiger partial charge on any atom is 0.158 e. The number of aromatic nitrogens is 3. The first kappa shape index (κ1) is 12.6. The van der Waals surface area contributed by atoms with Crippen molar-refractivity contribution in [2.75, 3.05) is 5.73 Å². The fourth-order valence-electron chi connectivity index (χ4n) is 2.00. The van der Waals surface area contributed by atoms with Gasteiger partial charge in [0.05, 0.1) is 0 Å².